The summed E-state index contributed by atoms with van der Waals surface area (Å²) in [5, 5.41) is 15.1. The van der Waals surface area contributed by atoms with E-state index in [9.17, 15) is 9.90 Å². The molecule has 2 fully saturated rings. The summed E-state index contributed by atoms with van der Waals surface area (Å²) in [4.78, 5) is 25.1. The summed E-state index contributed by atoms with van der Waals surface area (Å²) in [6.45, 7) is 3.10. The van der Waals surface area contributed by atoms with Gasteiger partial charge in [-0.25, -0.2) is 4.98 Å². The molecule has 3 aromatic heterocycles. The molecule has 4 heterocycles. The molecule has 30 heavy (non-hydrogen) atoms. The minimum Gasteiger partial charge on any atom is -0.393 e. The van der Waals surface area contributed by atoms with Crippen LogP contribution in [0.4, 0.5) is 5.69 Å². The number of hydrogen-bond donors (Lipinski definition) is 2. The summed E-state index contributed by atoms with van der Waals surface area (Å²) in [5.74, 6) is 0.348. The largest absolute Gasteiger partial charge is 0.393 e. The van der Waals surface area contributed by atoms with Gasteiger partial charge in [-0.1, -0.05) is 0 Å². The van der Waals surface area contributed by atoms with Gasteiger partial charge in [0.15, 0.2) is 0 Å². The third kappa shape index (κ3) is 3.56. The Morgan fingerprint density at radius 3 is 2.63 bits per heavy atom. The number of rotatable bonds is 3. The fourth-order valence-corrected chi connectivity index (χ4v) is 4.75. The number of piperazine rings is 1. The summed E-state index contributed by atoms with van der Waals surface area (Å²) in [6, 6.07) is 4.20. The Morgan fingerprint density at radius 1 is 1.17 bits per heavy atom. The van der Waals surface area contributed by atoms with Crippen molar-refractivity contribution < 1.29 is 9.90 Å². The van der Waals surface area contributed by atoms with Crippen LogP contribution in [0.5, 0.6) is 0 Å². The van der Waals surface area contributed by atoms with Crippen LogP contribution in [0.3, 0.4) is 0 Å². The van der Waals surface area contributed by atoms with Gasteiger partial charge in [-0.2, -0.15) is 5.10 Å². The van der Waals surface area contributed by atoms with E-state index in [4.69, 9.17) is 0 Å². The number of aryl methyl sites for hydroxylation is 1. The summed E-state index contributed by atoms with van der Waals surface area (Å²) in [7, 11) is 1.91. The third-order valence-corrected chi connectivity index (χ3v) is 6.50. The average molecular weight is 409 g/mol. The highest BCUT2D eigenvalue weighted by molar-refractivity contribution is 5.93. The number of nitrogens with zero attached hydrogens (tertiary/aromatic N) is 5. The van der Waals surface area contributed by atoms with E-state index in [1.165, 1.54) is 0 Å². The van der Waals surface area contributed by atoms with E-state index in [1.807, 2.05) is 30.5 Å². The molecule has 2 aliphatic rings. The number of fused-ring (bicyclic) bond motifs is 1. The van der Waals surface area contributed by atoms with Gasteiger partial charge in [0.2, 0.25) is 5.91 Å². The van der Waals surface area contributed by atoms with Gasteiger partial charge in [0.1, 0.15) is 5.65 Å². The van der Waals surface area contributed by atoms with E-state index < -0.39 is 0 Å². The maximum absolute atomic E-state index is 12.9. The van der Waals surface area contributed by atoms with Crippen LogP contribution in [0.25, 0.3) is 22.3 Å². The van der Waals surface area contributed by atoms with Crippen molar-refractivity contribution in [2.45, 2.75) is 31.8 Å². The van der Waals surface area contributed by atoms with Crippen molar-refractivity contribution in [1.82, 2.24) is 24.6 Å². The van der Waals surface area contributed by atoms with Crippen molar-refractivity contribution in [1.29, 1.82) is 0 Å². The third-order valence-electron chi connectivity index (χ3n) is 6.50. The minimum atomic E-state index is -0.224. The van der Waals surface area contributed by atoms with Crippen LogP contribution in [0.15, 0.2) is 30.7 Å². The van der Waals surface area contributed by atoms with Crippen molar-refractivity contribution in [2.24, 2.45) is 13.0 Å². The first-order chi connectivity index (χ1) is 14.6. The zero-order valence-electron chi connectivity index (χ0n) is 17.3. The molecule has 0 unspecified atom stereocenters. The van der Waals surface area contributed by atoms with Crippen LogP contribution in [0.2, 0.25) is 0 Å². The lowest BCUT2D eigenvalue weighted by Gasteiger charge is -2.38. The molecule has 0 spiro atoms. The van der Waals surface area contributed by atoms with E-state index in [-0.39, 0.29) is 17.9 Å². The van der Waals surface area contributed by atoms with Crippen molar-refractivity contribution in [3.05, 3.63) is 30.7 Å². The maximum Gasteiger partial charge on any atom is 0.225 e. The molecule has 0 radical (unpaired) electrons. The number of nitrogens with one attached hydrogen (secondary N) is 1. The summed E-state index contributed by atoms with van der Waals surface area (Å²) < 4.78 is 1.79. The predicted octanol–water partition coefficient (Wildman–Crippen LogP) is 2.16. The first kappa shape index (κ1) is 19.1. The first-order valence-corrected chi connectivity index (χ1v) is 10.8. The lowest BCUT2D eigenvalue weighted by atomic mass is 9.86. The number of H-pyrrole nitrogens is 1. The molecular formula is C22H28N6O2. The maximum atomic E-state index is 12.9. The Hall–Kier alpha value is -2.87. The second kappa shape index (κ2) is 7.75. The molecule has 1 saturated carbocycles. The van der Waals surface area contributed by atoms with Crippen LogP contribution in [0, 0.1) is 5.92 Å². The monoisotopic (exact) mass is 408 g/mol. The molecule has 0 bridgehead atoms. The van der Waals surface area contributed by atoms with E-state index in [0.717, 1.165) is 79.8 Å². The number of pyridine rings is 1. The number of aromatic nitrogens is 4. The smallest absolute Gasteiger partial charge is 0.225 e. The fraction of sp³-hybridized carbons (Fsp3) is 0.500. The van der Waals surface area contributed by atoms with E-state index in [1.54, 1.807) is 4.68 Å². The molecule has 158 valence electrons. The van der Waals surface area contributed by atoms with Gasteiger partial charge >= 0.3 is 0 Å². The molecule has 5 rings (SSSR count). The van der Waals surface area contributed by atoms with Gasteiger partial charge < -0.3 is 19.9 Å². The molecule has 1 amide bonds. The lowest BCUT2D eigenvalue weighted by Crippen LogP contribution is -2.51. The predicted molar refractivity (Wildman–Crippen MR) is 115 cm³/mol. The first-order valence-electron chi connectivity index (χ1n) is 10.8. The molecule has 1 saturated heterocycles. The number of aliphatic hydroxyl groups is 1. The van der Waals surface area contributed by atoms with Gasteiger partial charge in [-0.15, -0.1) is 0 Å². The highest BCUT2D eigenvalue weighted by Crippen LogP contribution is 2.31. The lowest BCUT2D eigenvalue weighted by molar-refractivity contribution is -0.137. The summed E-state index contributed by atoms with van der Waals surface area (Å²) in [6.07, 6.45) is 8.57. The Labute approximate surface area is 175 Å². The average Bonchev–Trinajstić information content (AvgIpc) is 3.40. The number of anilines is 1. The number of hydrogen-bond acceptors (Lipinski definition) is 5. The molecule has 0 atom stereocenters. The molecule has 8 nitrogen and oxygen atoms in total. The molecule has 8 heteroatoms. The quantitative estimate of drug-likeness (QED) is 0.693. The fourth-order valence-electron chi connectivity index (χ4n) is 4.75. The van der Waals surface area contributed by atoms with Crippen molar-refractivity contribution in [3.8, 4) is 11.3 Å². The summed E-state index contributed by atoms with van der Waals surface area (Å²) >= 11 is 0. The zero-order chi connectivity index (χ0) is 20.7. The minimum absolute atomic E-state index is 0.0827. The Morgan fingerprint density at radius 2 is 1.93 bits per heavy atom. The van der Waals surface area contributed by atoms with Crippen LogP contribution in [-0.2, 0) is 11.8 Å². The number of amides is 1. The normalized spacial score (nSPS) is 22.6. The van der Waals surface area contributed by atoms with E-state index in [2.05, 4.69) is 32.1 Å². The zero-order valence-corrected chi connectivity index (χ0v) is 17.3. The van der Waals surface area contributed by atoms with Gasteiger partial charge in [-0.05, 0) is 37.8 Å². The van der Waals surface area contributed by atoms with Crippen LogP contribution >= 0.6 is 0 Å². The molecule has 2 N–H and O–H groups in total. The second-order valence-corrected chi connectivity index (χ2v) is 8.50. The van der Waals surface area contributed by atoms with Gasteiger partial charge in [0.25, 0.3) is 0 Å². The van der Waals surface area contributed by atoms with Crippen LogP contribution in [0.1, 0.15) is 25.7 Å². The van der Waals surface area contributed by atoms with Gasteiger partial charge in [-0.3, -0.25) is 9.48 Å². The standard InChI is InChI=1S/C22H28N6O2/c1-26-14-16(13-24-26)19-12-18-20(6-7-23-21(18)25-19)27-8-10-28(11-9-27)22(30)15-2-4-17(29)5-3-15/h6-7,12-15,17,29H,2-5,8-11H2,1H3,(H,23,25). The molecule has 1 aliphatic heterocycles. The Kier molecular flexibility index (Phi) is 4.94. The van der Waals surface area contributed by atoms with Crippen molar-refractivity contribution in [3.63, 3.8) is 0 Å². The molecule has 0 aromatic carbocycles. The topological polar surface area (TPSA) is 90.3 Å². The Balaban J connectivity index is 1.30. The van der Waals surface area contributed by atoms with E-state index >= 15 is 0 Å². The van der Waals surface area contributed by atoms with Crippen LogP contribution in [-0.4, -0.2) is 67.9 Å². The van der Waals surface area contributed by atoms with E-state index in [0.29, 0.717) is 0 Å². The SMILES string of the molecule is Cn1cc(-c2cc3c(N4CCN(C(=O)C5CCC(O)CC5)CC4)ccnc3[nH]2)cn1. The highest BCUT2D eigenvalue weighted by atomic mass is 16.3. The second-order valence-electron chi connectivity index (χ2n) is 8.50. The van der Waals surface area contributed by atoms with Crippen molar-refractivity contribution >= 4 is 22.6 Å². The van der Waals surface area contributed by atoms with Crippen molar-refractivity contribution in [2.75, 3.05) is 31.1 Å². The van der Waals surface area contributed by atoms with Crippen LogP contribution < -0.4 is 4.90 Å². The number of carbonyl (C=O) groups is 1. The van der Waals surface area contributed by atoms with Gasteiger partial charge in [0, 0.05) is 68.2 Å². The Bertz CT molecular complexity index is 1040. The molecular weight excluding hydrogens is 380 g/mol. The number of aromatic amines is 1. The number of carbonyl (C=O) groups excluding carboxylic acids is 1. The van der Waals surface area contributed by atoms with Gasteiger partial charge in [0.05, 0.1) is 18.0 Å². The molecule has 3 aromatic rings. The molecule has 1 aliphatic carbocycles. The highest BCUT2D eigenvalue weighted by Gasteiger charge is 2.31. The summed E-state index contributed by atoms with van der Waals surface area (Å²) in [5.41, 5.74) is 4.06. The number of aliphatic hydroxyl groups excluding tert-OH is 1.